The number of cyclic esters (lactones) is 1. The van der Waals surface area contributed by atoms with Crippen molar-refractivity contribution in [1.29, 1.82) is 0 Å². The second-order valence-corrected chi connectivity index (χ2v) is 5.07. The highest BCUT2D eigenvalue weighted by Crippen LogP contribution is 2.27. The van der Waals surface area contributed by atoms with Gasteiger partial charge in [0.25, 0.3) is 0 Å². The van der Waals surface area contributed by atoms with Gasteiger partial charge in [0, 0.05) is 10.4 Å². The van der Waals surface area contributed by atoms with Gasteiger partial charge < -0.3 is 4.74 Å². The van der Waals surface area contributed by atoms with Crippen molar-refractivity contribution < 1.29 is 9.53 Å². The molecule has 0 unspecified atom stereocenters. The normalized spacial score (nSPS) is 17.1. The lowest BCUT2D eigenvalue weighted by Gasteiger charge is -1.97. The van der Waals surface area contributed by atoms with Gasteiger partial charge >= 0.3 is 5.97 Å². The summed E-state index contributed by atoms with van der Waals surface area (Å²) in [5.41, 5.74) is 2.05. The molecule has 1 aromatic heterocycles. The van der Waals surface area contributed by atoms with E-state index >= 15 is 0 Å². The number of hydrogen-bond donors (Lipinski definition) is 0. The van der Waals surface area contributed by atoms with Crippen LogP contribution < -0.4 is 0 Å². The van der Waals surface area contributed by atoms with Crippen molar-refractivity contribution >= 4 is 28.8 Å². The highest BCUT2D eigenvalue weighted by Gasteiger charge is 2.26. The monoisotopic (exact) mass is 269 g/mol. The Balaban J connectivity index is 2.03. The van der Waals surface area contributed by atoms with Crippen LogP contribution in [0.4, 0.5) is 0 Å². The third kappa shape index (κ3) is 2.22. The van der Waals surface area contributed by atoms with Gasteiger partial charge in [-0.1, -0.05) is 24.3 Å². The molecule has 1 aliphatic heterocycles. The maximum Gasteiger partial charge on any atom is 0.364 e. The molecule has 2 heterocycles. The SMILES string of the molecule is C/C(=C1\N=C(c2ccccc2)OC1=O)c1cccs1. The molecule has 0 fully saturated rings. The maximum atomic E-state index is 11.9. The van der Waals surface area contributed by atoms with E-state index in [2.05, 4.69) is 4.99 Å². The van der Waals surface area contributed by atoms with Crippen LogP contribution in [0.2, 0.25) is 0 Å². The number of hydrogen-bond acceptors (Lipinski definition) is 4. The standard InChI is InChI=1S/C15H11NO2S/c1-10(12-8-5-9-19-12)13-15(17)18-14(16-13)11-6-3-2-4-7-11/h2-9H,1H3/b13-10+. The topological polar surface area (TPSA) is 38.7 Å². The molecule has 0 bridgehead atoms. The number of allylic oxidation sites excluding steroid dienone is 1. The Bertz CT molecular complexity index is 669. The first-order valence-corrected chi connectivity index (χ1v) is 6.75. The highest BCUT2D eigenvalue weighted by atomic mass is 32.1. The molecule has 19 heavy (non-hydrogen) atoms. The predicted octanol–water partition coefficient (Wildman–Crippen LogP) is 3.48. The lowest BCUT2D eigenvalue weighted by atomic mass is 10.2. The quantitative estimate of drug-likeness (QED) is 0.618. The fourth-order valence-corrected chi connectivity index (χ4v) is 2.59. The van der Waals surface area contributed by atoms with E-state index in [1.165, 1.54) is 0 Å². The molecule has 0 saturated carbocycles. The zero-order valence-corrected chi connectivity index (χ0v) is 11.1. The van der Waals surface area contributed by atoms with E-state index < -0.39 is 0 Å². The Labute approximate surface area is 114 Å². The predicted molar refractivity (Wildman–Crippen MR) is 76.0 cm³/mol. The first kappa shape index (κ1) is 11.9. The van der Waals surface area contributed by atoms with Crippen LogP contribution in [0.1, 0.15) is 17.4 Å². The smallest absolute Gasteiger partial charge is 0.364 e. The average Bonchev–Trinajstić information content (AvgIpc) is 3.08. The molecule has 94 valence electrons. The van der Waals surface area contributed by atoms with Crippen molar-refractivity contribution in [3.8, 4) is 0 Å². The number of carbonyl (C=O) groups excluding carboxylic acids is 1. The number of benzene rings is 1. The molecule has 0 amide bonds. The Morgan fingerprint density at radius 3 is 2.63 bits per heavy atom. The Morgan fingerprint density at radius 1 is 1.16 bits per heavy atom. The molecule has 1 aromatic carbocycles. The van der Waals surface area contributed by atoms with Gasteiger partial charge in [-0.15, -0.1) is 11.3 Å². The summed E-state index contributed by atoms with van der Waals surface area (Å²) in [6.07, 6.45) is 0. The van der Waals surface area contributed by atoms with Crippen molar-refractivity contribution in [2.24, 2.45) is 4.99 Å². The van der Waals surface area contributed by atoms with Crippen LogP contribution in [0.25, 0.3) is 5.57 Å². The van der Waals surface area contributed by atoms with E-state index in [1.807, 2.05) is 54.8 Å². The van der Waals surface area contributed by atoms with E-state index in [-0.39, 0.29) is 5.97 Å². The molecule has 0 saturated heterocycles. The largest absolute Gasteiger partial charge is 0.402 e. The van der Waals surface area contributed by atoms with Crippen LogP contribution in [-0.2, 0) is 9.53 Å². The first-order chi connectivity index (χ1) is 9.25. The third-order valence-electron chi connectivity index (χ3n) is 2.86. The number of rotatable bonds is 2. The van der Waals surface area contributed by atoms with Crippen molar-refractivity contribution in [1.82, 2.24) is 0 Å². The molecule has 3 nitrogen and oxygen atoms in total. The molecular weight excluding hydrogens is 258 g/mol. The summed E-state index contributed by atoms with van der Waals surface area (Å²) in [7, 11) is 0. The second-order valence-electron chi connectivity index (χ2n) is 4.12. The zero-order chi connectivity index (χ0) is 13.2. The van der Waals surface area contributed by atoms with Crippen LogP contribution in [0.3, 0.4) is 0 Å². The molecule has 4 heteroatoms. The number of ether oxygens (including phenoxy) is 1. The van der Waals surface area contributed by atoms with E-state index in [0.29, 0.717) is 11.6 Å². The number of nitrogens with zero attached hydrogens (tertiary/aromatic N) is 1. The van der Waals surface area contributed by atoms with E-state index in [0.717, 1.165) is 16.0 Å². The van der Waals surface area contributed by atoms with Gasteiger partial charge in [-0.2, -0.15) is 0 Å². The molecule has 2 aromatic rings. The van der Waals surface area contributed by atoms with Crippen LogP contribution >= 0.6 is 11.3 Å². The summed E-state index contributed by atoms with van der Waals surface area (Å²) < 4.78 is 5.24. The fraction of sp³-hybridized carbons (Fsp3) is 0.0667. The van der Waals surface area contributed by atoms with Crippen LogP contribution in [0.5, 0.6) is 0 Å². The van der Waals surface area contributed by atoms with Crippen LogP contribution in [0.15, 0.2) is 58.5 Å². The second kappa shape index (κ2) is 4.82. The van der Waals surface area contributed by atoms with Gasteiger partial charge in [0.05, 0.1) is 0 Å². The van der Waals surface area contributed by atoms with E-state index in [4.69, 9.17) is 4.74 Å². The number of esters is 1. The number of aliphatic imine (C=N–C) groups is 1. The summed E-state index contributed by atoms with van der Waals surface area (Å²) in [5, 5.41) is 1.97. The molecule has 0 aliphatic carbocycles. The van der Waals surface area contributed by atoms with Crippen LogP contribution in [0, 0.1) is 0 Å². The molecule has 0 N–H and O–H groups in total. The molecule has 1 aliphatic rings. The Kier molecular flexibility index (Phi) is 3.01. The maximum absolute atomic E-state index is 11.9. The third-order valence-corrected chi connectivity index (χ3v) is 3.85. The van der Waals surface area contributed by atoms with E-state index in [9.17, 15) is 4.79 Å². The minimum Gasteiger partial charge on any atom is -0.402 e. The summed E-state index contributed by atoms with van der Waals surface area (Å²) in [5.74, 6) is -0.0127. The molecular formula is C15H11NO2S. The minimum atomic E-state index is -0.384. The van der Waals surface area contributed by atoms with Gasteiger partial charge in [-0.3, -0.25) is 0 Å². The highest BCUT2D eigenvalue weighted by molar-refractivity contribution is 7.11. The summed E-state index contributed by atoms with van der Waals surface area (Å²) in [6.45, 7) is 1.89. The summed E-state index contributed by atoms with van der Waals surface area (Å²) >= 11 is 1.58. The van der Waals surface area contributed by atoms with Crippen molar-refractivity contribution in [2.75, 3.05) is 0 Å². The fourth-order valence-electron chi connectivity index (χ4n) is 1.86. The molecule has 3 rings (SSSR count). The van der Waals surface area contributed by atoms with Crippen LogP contribution in [-0.4, -0.2) is 11.9 Å². The van der Waals surface area contributed by atoms with Gasteiger partial charge in [0.1, 0.15) is 0 Å². The van der Waals surface area contributed by atoms with Crippen molar-refractivity contribution in [3.05, 3.63) is 64.0 Å². The molecule has 0 spiro atoms. The summed E-state index contributed by atoms with van der Waals surface area (Å²) in [4.78, 5) is 17.3. The molecule has 0 atom stereocenters. The first-order valence-electron chi connectivity index (χ1n) is 5.87. The number of carbonyl (C=O) groups is 1. The number of thiophene rings is 1. The van der Waals surface area contributed by atoms with Crippen molar-refractivity contribution in [3.63, 3.8) is 0 Å². The molecule has 0 radical (unpaired) electrons. The lowest BCUT2D eigenvalue weighted by Crippen LogP contribution is -2.05. The Hall–Kier alpha value is -2.20. The van der Waals surface area contributed by atoms with Crippen molar-refractivity contribution in [2.45, 2.75) is 6.92 Å². The summed E-state index contributed by atoms with van der Waals surface area (Å²) in [6, 6.07) is 13.3. The van der Waals surface area contributed by atoms with E-state index in [1.54, 1.807) is 11.3 Å². The average molecular weight is 269 g/mol. The zero-order valence-electron chi connectivity index (χ0n) is 10.3. The van der Waals surface area contributed by atoms with Gasteiger partial charge in [-0.25, -0.2) is 9.79 Å². The van der Waals surface area contributed by atoms with Gasteiger partial charge in [0.2, 0.25) is 5.90 Å². The lowest BCUT2D eigenvalue weighted by molar-refractivity contribution is -0.129. The van der Waals surface area contributed by atoms with Gasteiger partial charge in [-0.05, 0) is 36.1 Å². The van der Waals surface area contributed by atoms with Gasteiger partial charge in [0.15, 0.2) is 5.70 Å². The minimum absolute atomic E-state index is 0.372. The Morgan fingerprint density at radius 2 is 1.95 bits per heavy atom.